The Hall–Kier alpha value is -0.770. The maximum Gasteiger partial charge on any atom is 0.126 e. The molecule has 1 unspecified atom stereocenters. The number of thiophene rings is 1. The van der Waals surface area contributed by atoms with Crippen molar-refractivity contribution in [1.82, 2.24) is 5.32 Å². The van der Waals surface area contributed by atoms with Crippen LogP contribution < -0.4 is 5.32 Å². The van der Waals surface area contributed by atoms with Crippen molar-refractivity contribution in [2.75, 3.05) is 7.05 Å². The molecule has 2 aromatic heterocycles. The van der Waals surface area contributed by atoms with Gasteiger partial charge in [0.25, 0.3) is 0 Å². The lowest BCUT2D eigenvalue weighted by molar-refractivity contribution is 0.446. The lowest BCUT2D eigenvalue weighted by Gasteiger charge is -2.11. The molecular weight excluding hydrogens is 242 g/mol. The largest absolute Gasteiger partial charge is 0.464 e. The molecule has 2 aromatic rings. The van der Waals surface area contributed by atoms with Crippen molar-refractivity contribution < 1.29 is 4.42 Å². The average molecular weight is 256 g/mol. The predicted octanol–water partition coefficient (Wildman–Crippen LogP) is 3.92. The molecule has 2 heterocycles. The van der Waals surface area contributed by atoms with Crippen molar-refractivity contribution in [3.63, 3.8) is 0 Å². The second kappa shape index (κ2) is 4.62. The first-order valence-corrected chi connectivity index (χ1v) is 6.30. The van der Waals surface area contributed by atoms with Gasteiger partial charge in [-0.1, -0.05) is 11.6 Å². The van der Waals surface area contributed by atoms with Crippen LogP contribution in [0.25, 0.3) is 0 Å². The molecule has 0 spiro atoms. The van der Waals surface area contributed by atoms with Crippen molar-refractivity contribution in [3.8, 4) is 0 Å². The average Bonchev–Trinajstić information content (AvgIpc) is 2.77. The molecule has 0 saturated heterocycles. The lowest BCUT2D eigenvalue weighted by Crippen LogP contribution is -2.15. The van der Waals surface area contributed by atoms with E-state index < -0.39 is 0 Å². The van der Waals surface area contributed by atoms with Gasteiger partial charge in [-0.05, 0) is 44.7 Å². The molecule has 0 amide bonds. The van der Waals surface area contributed by atoms with Crippen LogP contribution in [0, 0.1) is 13.8 Å². The normalized spacial score (nSPS) is 13.0. The van der Waals surface area contributed by atoms with Crippen LogP contribution in [0.2, 0.25) is 4.34 Å². The van der Waals surface area contributed by atoms with E-state index in [1.165, 1.54) is 4.88 Å². The second-order valence-corrected chi connectivity index (χ2v) is 5.46. The fraction of sp³-hybridized carbons (Fsp3) is 0.333. The smallest absolute Gasteiger partial charge is 0.126 e. The van der Waals surface area contributed by atoms with Crippen molar-refractivity contribution >= 4 is 22.9 Å². The summed E-state index contributed by atoms with van der Waals surface area (Å²) in [4.78, 5) is 1.18. The summed E-state index contributed by atoms with van der Waals surface area (Å²) in [6.07, 6.45) is 0. The zero-order valence-corrected chi connectivity index (χ0v) is 11.1. The number of halogens is 1. The Morgan fingerprint density at radius 1 is 1.38 bits per heavy atom. The monoisotopic (exact) mass is 255 g/mol. The van der Waals surface area contributed by atoms with E-state index in [-0.39, 0.29) is 6.04 Å². The molecule has 0 bridgehead atoms. The molecule has 2 nitrogen and oxygen atoms in total. The van der Waals surface area contributed by atoms with E-state index in [1.54, 1.807) is 11.3 Å². The highest BCUT2D eigenvalue weighted by atomic mass is 35.5. The standard InChI is InChI=1S/C12H14ClNOS/c1-7-6-10(16-12(7)13)11(14-3)9-5-4-8(2)15-9/h4-6,11,14H,1-3H3. The Labute approximate surface area is 104 Å². The van der Waals surface area contributed by atoms with Gasteiger partial charge in [0.1, 0.15) is 17.6 Å². The molecule has 2 rings (SSSR count). The summed E-state index contributed by atoms with van der Waals surface area (Å²) in [5.41, 5.74) is 1.12. The van der Waals surface area contributed by atoms with E-state index in [0.717, 1.165) is 21.4 Å². The lowest BCUT2D eigenvalue weighted by atomic mass is 10.2. The van der Waals surface area contributed by atoms with Gasteiger partial charge in [-0.2, -0.15) is 0 Å². The van der Waals surface area contributed by atoms with Crippen LogP contribution in [0.1, 0.15) is 28.0 Å². The zero-order chi connectivity index (χ0) is 11.7. The molecule has 0 aliphatic heterocycles. The van der Waals surface area contributed by atoms with Crippen LogP contribution in [0.4, 0.5) is 0 Å². The minimum Gasteiger partial charge on any atom is -0.464 e. The molecule has 0 fully saturated rings. The Kier molecular flexibility index (Phi) is 3.38. The highest BCUT2D eigenvalue weighted by Gasteiger charge is 2.18. The third-order valence-corrected chi connectivity index (χ3v) is 4.12. The summed E-state index contributed by atoms with van der Waals surface area (Å²) < 4.78 is 6.49. The molecule has 0 aromatic carbocycles. The number of furan rings is 1. The topological polar surface area (TPSA) is 25.2 Å². The summed E-state index contributed by atoms with van der Waals surface area (Å²) in [6, 6.07) is 6.16. The van der Waals surface area contributed by atoms with Crippen molar-refractivity contribution in [1.29, 1.82) is 0 Å². The van der Waals surface area contributed by atoms with Crippen LogP contribution in [0.5, 0.6) is 0 Å². The van der Waals surface area contributed by atoms with Crippen LogP contribution >= 0.6 is 22.9 Å². The van der Waals surface area contributed by atoms with E-state index in [1.807, 2.05) is 33.0 Å². The number of hydrogen-bond acceptors (Lipinski definition) is 3. The van der Waals surface area contributed by atoms with Gasteiger partial charge in [-0.15, -0.1) is 11.3 Å². The third-order valence-electron chi connectivity index (χ3n) is 2.50. The first-order chi connectivity index (χ1) is 7.61. The molecule has 1 N–H and O–H groups in total. The van der Waals surface area contributed by atoms with E-state index in [2.05, 4.69) is 11.4 Å². The highest BCUT2D eigenvalue weighted by Crippen LogP contribution is 2.34. The minimum atomic E-state index is 0.0879. The van der Waals surface area contributed by atoms with Crippen LogP contribution in [-0.2, 0) is 0 Å². The van der Waals surface area contributed by atoms with Gasteiger partial charge < -0.3 is 9.73 Å². The van der Waals surface area contributed by atoms with E-state index in [0.29, 0.717) is 0 Å². The molecule has 86 valence electrons. The predicted molar refractivity (Wildman–Crippen MR) is 68.4 cm³/mol. The molecule has 0 aliphatic carbocycles. The van der Waals surface area contributed by atoms with Gasteiger partial charge in [0.2, 0.25) is 0 Å². The number of aryl methyl sites for hydroxylation is 2. The van der Waals surface area contributed by atoms with Crippen molar-refractivity contribution in [2.45, 2.75) is 19.9 Å². The summed E-state index contributed by atoms with van der Waals surface area (Å²) in [5, 5.41) is 3.25. The van der Waals surface area contributed by atoms with Gasteiger partial charge in [-0.3, -0.25) is 0 Å². The highest BCUT2D eigenvalue weighted by molar-refractivity contribution is 7.16. The fourth-order valence-electron chi connectivity index (χ4n) is 1.66. The number of hydrogen-bond donors (Lipinski definition) is 1. The maximum absolute atomic E-state index is 6.08. The summed E-state index contributed by atoms with van der Waals surface area (Å²) >= 11 is 7.68. The summed E-state index contributed by atoms with van der Waals surface area (Å²) in [5.74, 6) is 1.85. The summed E-state index contributed by atoms with van der Waals surface area (Å²) in [6.45, 7) is 3.96. The van der Waals surface area contributed by atoms with Gasteiger partial charge in [0.15, 0.2) is 0 Å². The van der Waals surface area contributed by atoms with Crippen LogP contribution in [-0.4, -0.2) is 7.05 Å². The zero-order valence-electron chi connectivity index (χ0n) is 9.50. The third kappa shape index (κ3) is 2.17. The van der Waals surface area contributed by atoms with Crippen molar-refractivity contribution in [3.05, 3.63) is 44.5 Å². The molecule has 16 heavy (non-hydrogen) atoms. The number of rotatable bonds is 3. The first-order valence-electron chi connectivity index (χ1n) is 5.11. The Morgan fingerprint density at radius 2 is 2.12 bits per heavy atom. The molecule has 1 atom stereocenters. The van der Waals surface area contributed by atoms with Crippen LogP contribution in [0.3, 0.4) is 0 Å². The first kappa shape index (κ1) is 11.7. The molecule has 0 saturated carbocycles. The quantitative estimate of drug-likeness (QED) is 0.899. The van der Waals surface area contributed by atoms with E-state index >= 15 is 0 Å². The SMILES string of the molecule is CNC(c1ccc(C)o1)c1cc(C)c(Cl)s1. The summed E-state index contributed by atoms with van der Waals surface area (Å²) in [7, 11) is 1.92. The fourth-order valence-corrected chi connectivity index (χ4v) is 3.00. The van der Waals surface area contributed by atoms with Gasteiger partial charge in [0, 0.05) is 4.88 Å². The number of nitrogens with one attached hydrogen (secondary N) is 1. The Balaban J connectivity index is 2.36. The van der Waals surface area contributed by atoms with Crippen LogP contribution in [0.15, 0.2) is 22.6 Å². The molecule has 4 heteroatoms. The van der Waals surface area contributed by atoms with Crippen molar-refractivity contribution in [2.24, 2.45) is 0 Å². The van der Waals surface area contributed by atoms with E-state index in [9.17, 15) is 0 Å². The Morgan fingerprint density at radius 3 is 2.56 bits per heavy atom. The molecule has 0 aliphatic rings. The van der Waals surface area contributed by atoms with Gasteiger partial charge >= 0.3 is 0 Å². The molecular formula is C12H14ClNOS. The van der Waals surface area contributed by atoms with Gasteiger partial charge in [0.05, 0.1) is 4.34 Å². The van der Waals surface area contributed by atoms with E-state index in [4.69, 9.17) is 16.0 Å². The second-order valence-electron chi connectivity index (χ2n) is 3.78. The van der Waals surface area contributed by atoms with Gasteiger partial charge in [-0.25, -0.2) is 0 Å². The Bertz CT molecular complexity index is 469. The molecule has 0 radical (unpaired) electrons. The minimum absolute atomic E-state index is 0.0879. The maximum atomic E-state index is 6.08.